The Morgan fingerprint density at radius 1 is 0.913 bits per heavy atom. The van der Waals surface area contributed by atoms with Crippen LogP contribution in [0.4, 0.5) is 17.6 Å². The number of halogens is 4. The van der Waals surface area contributed by atoms with E-state index in [1.807, 2.05) is 6.07 Å². The van der Waals surface area contributed by atoms with Crippen molar-refractivity contribution in [2.75, 3.05) is 0 Å². The molecule has 1 heterocycles. The van der Waals surface area contributed by atoms with Crippen LogP contribution in [-0.4, -0.2) is 15.4 Å². The Bertz CT molecular complexity index is 926. The van der Waals surface area contributed by atoms with Crippen molar-refractivity contribution >= 4 is 0 Å². The lowest BCUT2D eigenvalue weighted by molar-refractivity contribution is 0.411. The van der Waals surface area contributed by atoms with Crippen molar-refractivity contribution in [1.82, 2.24) is 15.4 Å². The second-order valence-electron chi connectivity index (χ2n) is 4.57. The lowest BCUT2D eigenvalue weighted by Crippen LogP contribution is -1.98. The van der Waals surface area contributed by atoms with Gasteiger partial charge in [-0.3, -0.25) is 0 Å². The third-order valence-corrected chi connectivity index (χ3v) is 3.23. The Morgan fingerprint density at radius 3 is 2.22 bits per heavy atom. The van der Waals surface area contributed by atoms with E-state index >= 15 is 0 Å². The van der Waals surface area contributed by atoms with Crippen molar-refractivity contribution < 1.29 is 17.6 Å². The predicted octanol–water partition coefficient (Wildman–Crippen LogP) is 3.57. The SMILES string of the molecule is N#Cc1[nH]nnc1-c1ccc(-c2cc(F)c(F)c(F)c2F)cc1. The van der Waals surface area contributed by atoms with E-state index in [1.165, 1.54) is 24.3 Å². The van der Waals surface area contributed by atoms with Gasteiger partial charge in [0.15, 0.2) is 29.0 Å². The molecule has 0 spiro atoms. The summed E-state index contributed by atoms with van der Waals surface area (Å²) in [5.41, 5.74) is 0.668. The first kappa shape index (κ1) is 14.7. The molecule has 3 aromatic rings. The Morgan fingerprint density at radius 2 is 1.57 bits per heavy atom. The molecule has 0 aliphatic rings. The van der Waals surface area contributed by atoms with Gasteiger partial charge in [0.25, 0.3) is 0 Å². The molecular formula is C15H6F4N4. The number of hydrogen-bond acceptors (Lipinski definition) is 3. The molecule has 1 N–H and O–H groups in total. The predicted molar refractivity (Wildman–Crippen MR) is 71.8 cm³/mol. The van der Waals surface area contributed by atoms with Gasteiger partial charge in [0.2, 0.25) is 0 Å². The minimum Gasteiger partial charge on any atom is -0.247 e. The molecule has 0 unspecified atom stereocenters. The van der Waals surface area contributed by atoms with Crippen molar-refractivity contribution in [3.05, 3.63) is 59.3 Å². The highest BCUT2D eigenvalue weighted by Crippen LogP contribution is 2.29. The second-order valence-corrected chi connectivity index (χ2v) is 4.57. The summed E-state index contributed by atoms with van der Waals surface area (Å²) in [7, 11) is 0. The van der Waals surface area contributed by atoms with Gasteiger partial charge in [0, 0.05) is 11.1 Å². The molecule has 1 aromatic heterocycles. The maximum Gasteiger partial charge on any atom is 0.198 e. The van der Waals surface area contributed by atoms with E-state index in [-0.39, 0.29) is 17.0 Å². The molecule has 23 heavy (non-hydrogen) atoms. The Balaban J connectivity index is 2.06. The number of H-pyrrole nitrogens is 1. The molecule has 0 fully saturated rings. The summed E-state index contributed by atoms with van der Waals surface area (Å²) in [6.45, 7) is 0. The van der Waals surface area contributed by atoms with Gasteiger partial charge >= 0.3 is 0 Å². The first-order chi connectivity index (χ1) is 11.0. The van der Waals surface area contributed by atoms with Crippen LogP contribution in [0, 0.1) is 34.6 Å². The fraction of sp³-hybridized carbons (Fsp3) is 0. The van der Waals surface area contributed by atoms with Gasteiger partial charge < -0.3 is 0 Å². The van der Waals surface area contributed by atoms with Gasteiger partial charge in [-0.15, -0.1) is 5.10 Å². The van der Waals surface area contributed by atoms with E-state index < -0.39 is 28.8 Å². The zero-order valence-electron chi connectivity index (χ0n) is 11.2. The molecule has 0 bridgehead atoms. The van der Waals surface area contributed by atoms with Gasteiger partial charge in [-0.05, 0) is 11.6 Å². The first-order valence-electron chi connectivity index (χ1n) is 6.28. The van der Waals surface area contributed by atoms with Crippen LogP contribution in [-0.2, 0) is 0 Å². The highest BCUT2D eigenvalue weighted by atomic mass is 19.2. The van der Waals surface area contributed by atoms with Gasteiger partial charge in [-0.25, -0.2) is 22.7 Å². The van der Waals surface area contributed by atoms with Gasteiger partial charge in [0.05, 0.1) is 0 Å². The van der Waals surface area contributed by atoms with Crippen molar-refractivity contribution in [2.45, 2.75) is 0 Å². The van der Waals surface area contributed by atoms with Crippen LogP contribution < -0.4 is 0 Å². The van der Waals surface area contributed by atoms with Crippen LogP contribution in [0.1, 0.15) is 5.69 Å². The summed E-state index contributed by atoms with van der Waals surface area (Å²) in [6.07, 6.45) is 0. The van der Waals surface area contributed by atoms with Crippen LogP contribution in [0.5, 0.6) is 0 Å². The third-order valence-electron chi connectivity index (χ3n) is 3.23. The zero-order valence-corrected chi connectivity index (χ0v) is 11.2. The standard InChI is InChI=1S/C15H6F4N4/c16-10-5-9(12(17)14(19)13(10)18)7-1-3-8(4-2-7)15-11(6-20)21-23-22-15/h1-5H,(H,21,22,23). The smallest absolute Gasteiger partial charge is 0.198 e. The molecule has 0 saturated carbocycles. The van der Waals surface area contributed by atoms with Gasteiger partial charge in [-0.2, -0.15) is 5.26 Å². The number of nitrogens with one attached hydrogen (secondary N) is 1. The lowest BCUT2D eigenvalue weighted by Gasteiger charge is -2.07. The highest BCUT2D eigenvalue weighted by Gasteiger charge is 2.20. The number of aromatic nitrogens is 3. The van der Waals surface area contributed by atoms with Crippen LogP contribution in [0.3, 0.4) is 0 Å². The Labute approximate surface area is 127 Å². The molecule has 114 valence electrons. The first-order valence-corrected chi connectivity index (χ1v) is 6.28. The summed E-state index contributed by atoms with van der Waals surface area (Å²) >= 11 is 0. The average molecular weight is 318 g/mol. The molecule has 2 aromatic carbocycles. The lowest BCUT2D eigenvalue weighted by atomic mass is 10.0. The largest absolute Gasteiger partial charge is 0.247 e. The van der Waals surface area contributed by atoms with Crippen molar-refractivity contribution in [2.24, 2.45) is 0 Å². The highest BCUT2D eigenvalue weighted by molar-refractivity contribution is 5.71. The maximum atomic E-state index is 13.8. The van der Waals surface area contributed by atoms with E-state index in [1.54, 1.807) is 0 Å². The maximum absolute atomic E-state index is 13.8. The quantitative estimate of drug-likeness (QED) is 0.446. The normalized spacial score (nSPS) is 10.6. The third kappa shape index (κ3) is 2.42. The van der Waals surface area contributed by atoms with E-state index in [4.69, 9.17) is 5.26 Å². The number of benzene rings is 2. The summed E-state index contributed by atoms with van der Waals surface area (Å²) in [5.74, 6) is -6.68. The molecule has 8 heteroatoms. The number of aromatic amines is 1. The minimum absolute atomic E-state index is 0.141. The zero-order chi connectivity index (χ0) is 16.6. The van der Waals surface area contributed by atoms with Crippen LogP contribution in [0.25, 0.3) is 22.4 Å². The number of hydrogen-bond donors (Lipinski definition) is 1. The molecule has 0 aliphatic heterocycles. The fourth-order valence-electron chi connectivity index (χ4n) is 2.10. The molecule has 0 radical (unpaired) electrons. The van der Waals surface area contributed by atoms with E-state index in [0.717, 1.165) is 0 Å². The van der Waals surface area contributed by atoms with Crippen molar-refractivity contribution in [3.8, 4) is 28.5 Å². The van der Waals surface area contributed by atoms with E-state index in [9.17, 15) is 17.6 Å². The summed E-state index contributed by atoms with van der Waals surface area (Å²) in [6, 6.07) is 8.16. The van der Waals surface area contributed by atoms with Crippen molar-refractivity contribution in [1.29, 1.82) is 5.26 Å². The van der Waals surface area contributed by atoms with Crippen LogP contribution in [0.2, 0.25) is 0 Å². The molecule has 0 aliphatic carbocycles. The molecule has 0 atom stereocenters. The van der Waals surface area contributed by atoms with E-state index in [0.29, 0.717) is 11.6 Å². The molecule has 3 rings (SSSR count). The summed E-state index contributed by atoms with van der Waals surface area (Å²) in [4.78, 5) is 0. The van der Waals surface area contributed by atoms with Crippen LogP contribution >= 0.6 is 0 Å². The number of nitriles is 1. The molecule has 4 nitrogen and oxygen atoms in total. The Kier molecular flexibility index (Phi) is 3.54. The average Bonchev–Trinajstić information content (AvgIpc) is 3.05. The van der Waals surface area contributed by atoms with Gasteiger partial charge in [0.1, 0.15) is 11.8 Å². The summed E-state index contributed by atoms with van der Waals surface area (Å²) in [5, 5.41) is 18.5. The fourth-order valence-corrected chi connectivity index (χ4v) is 2.10. The Hall–Kier alpha value is -3.21. The minimum atomic E-state index is -1.87. The summed E-state index contributed by atoms with van der Waals surface area (Å²) < 4.78 is 53.3. The monoisotopic (exact) mass is 318 g/mol. The second kappa shape index (κ2) is 5.53. The molecule has 0 saturated heterocycles. The molecule has 0 amide bonds. The molecular weight excluding hydrogens is 312 g/mol. The number of rotatable bonds is 2. The van der Waals surface area contributed by atoms with E-state index in [2.05, 4.69) is 15.4 Å². The topological polar surface area (TPSA) is 65.4 Å². The number of nitrogens with zero attached hydrogens (tertiary/aromatic N) is 3. The van der Waals surface area contributed by atoms with Crippen LogP contribution in [0.15, 0.2) is 30.3 Å². The van der Waals surface area contributed by atoms with Gasteiger partial charge in [-0.1, -0.05) is 29.5 Å². The van der Waals surface area contributed by atoms with Crippen molar-refractivity contribution in [3.63, 3.8) is 0 Å².